The van der Waals surface area contributed by atoms with Crippen molar-refractivity contribution in [2.75, 3.05) is 0 Å². The van der Waals surface area contributed by atoms with Crippen LogP contribution in [0, 0.1) is 18.3 Å². The van der Waals surface area contributed by atoms with Crippen LogP contribution in [0.1, 0.15) is 37.0 Å². The number of allylic oxidation sites excluding steroid dienone is 3. The van der Waals surface area contributed by atoms with E-state index in [1.165, 1.54) is 6.07 Å². The zero-order valence-corrected chi connectivity index (χ0v) is 14.1. The predicted octanol–water partition coefficient (Wildman–Crippen LogP) is 2.74. The SMILES string of the molecule is Cc1cc(C(=O)N=C2C=CC3C(=C2)NC(=O)C=C3C(C)(C)C)no1. The van der Waals surface area contributed by atoms with Gasteiger partial charge in [-0.15, -0.1) is 0 Å². The molecule has 6 nitrogen and oxygen atoms in total. The molecule has 24 heavy (non-hydrogen) atoms. The quantitative estimate of drug-likeness (QED) is 0.860. The van der Waals surface area contributed by atoms with Crippen LogP contribution in [0.5, 0.6) is 0 Å². The van der Waals surface area contributed by atoms with Crippen LogP contribution in [-0.4, -0.2) is 22.7 Å². The topological polar surface area (TPSA) is 84.6 Å². The molecule has 0 spiro atoms. The maximum absolute atomic E-state index is 12.1. The van der Waals surface area contributed by atoms with Crippen molar-refractivity contribution in [3.63, 3.8) is 0 Å². The van der Waals surface area contributed by atoms with Crippen LogP contribution in [0.15, 0.2) is 51.2 Å². The number of aliphatic imine (C=N–C) groups is 1. The maximum atomic E-state index is 12.1. The summed E-state index contributed by atoms with van der Waals surface area (Å²) >= 11 is 0. The molecule has 2 aliphatic rings. The lowest BCUT2D eigenvalue weighted by Crippen LogP contribution is -2.36. The predicted molar refractivity (Wildman–Crippen MR) is 89.4 cm³/mol. The van der Waals surface area contributed by atoms with Gasteiger partial charge in [-0.25, -0.2) is 4.99 Å². The first-order valence-electron chi connectivity index (χ1n) is 7.73. The lowest BCUT2D eigenvalue weighted by atomic mass is 9.74. The highest BCUT2D eigenvalue weighted by Gasteiger charge is 2.32. The Morgan fingerprint density at radius 3 is 2.71 bits per heavy atom. The zero-order chi connectivity index (χ0) is 17.5. The summed E-state index contributed by atoms with van der Waals surface area (Å²) in [6.45, 7) is 7.93. The Balaban J connectivity index is 1.90. The van der Waals surface area contributed by atoms with Gasteiger partial charge in [0.25, 0.3) is 5.91 Å². The molecule has 3 rings (SSSR count). The molecule has 0 radical (unpaired) electrons. The first-order valence-corrected chi connectivity index (χ1v) is 7.73. The van der Waals surface area contributed by atoms with E-state index in [2.05, 4.69) is 36.2 Å². The van der Waals surface area contributed by atoms with Crippen LogP contribution in [0.25, 0.3) is 0 Å². The van der Waals surface area contributed by atoms with Gasteiger partial charge in [0.1, 0.15) is 5.76 Å². The van der Waals surface area contributed by atoms with Crippen molar-refractivity contribution in [1.29, 1.82) is 0 Å². The Morgan fingerprint density at radius 2 is 2.08 bits per heavy atom. The molecule has 1 aromatic rings. The van der Waals surface area contributed by atoms with Gasteiger partial charge in [-0.2, -0.15) is 0 Å². The summed E-state index contributed by atoms with van der Waals surface area (Å²) < 4.78 is 4.89. The van der Waals surface area contributed by atoms with Gasteiger partial charge in [0, 0.05) is 23.8 Å². The van der Waals surface area contributed by atoms with Gasteiger partial charge < -0.3 is 9.84 Å². The summed E-state index contributed by atoms with van der Waals surface area (Å²) in [6.07, 6.45) is 7.12. The van der Waals surface area contributed by atoms with Crippen LogP contribution < -0.4 is 5.32 Å². The van der Waals surface area contributed by atoms with Crippen LogP contribution >= 0.6 is 0 Å². The Hall–Kier alpha value is -2.76. The van der Waals surface area contributed by atoms with Crippen molar-refractivity contribution in [2.24, 2.45) is 16.3 Å². The van der Waals surface area contributed by atoms with Gasteiger partial charge in [0.05, 0.1) is 5.71 Å². The number of amides is 2. The van der Waals surface area contributed by atoms with Crippen molar-refractivity contribution < 1.29 is 14.1 Å². The number of nitrogens with one attached hydrogen (secondary N) is 1. The van der Waals surface area contributed by atoms with Crippen molar-refractivity contribution in [3.05, 3.63) is 53.1 Å². The van der Waals surface area contributed by atoms with E-state index in [0.29, 0.717) is 11.5 Å². The average molecular weight is 325 g/mol. The second kappa shape index (κ2) is 5.70. The third-order valence-corrected chi connectivity index (χ3v) is 3.93. The molecule has 2 amide bonds. The molecular formula is C18H19N3O3. The van der Waals surface area contributed by atoms with Crippen LogP contribution in [0.4, 0.5) is 0 Å². The van der Waals surface area contributed by atoms with Gasteiger partial charge in [0.2, 0.25) is 5.91 Å². The summed E-state index contributed by atoms with van der Waals surface area (Å²) in [5, 5.41) is 6.50. The fourth-order valence-electron chi connectivity index (χ4n) is 2.78. The first-order chi connectivity index (χ1) is 11.2. The largest absolute Gasteiger partial charge is 0.361 e. The highest BCUT2D eigenvalue weighted by atomic mass is 16.5. The van der Waals surface area contributed by atoms with Crippen molar-refractivity contribution in [2.45, 2.75) is 27.7 Å². The van der Waals surface area contributed by atoms with E-state index < -0.39 is 5.91 Å². The second-order valence-electron chi connectivity index (χ2n) is 6.94. The van der Waals surface area contributed by atoms with Gasteiger partial charge in [-0.05, 0) is 30.1 Å². The Morgan fingerprint density at radius 1 is 1.33 bits per heavy atom. The Labute approximate surface area is 140 Å². The van der Waals surface area contributed by atoms with Gasteiger partial charge >= 0.3 is 0 Å². The van der Waals surface area contributed by atoms with Crippen LogP contribution in [0.2, 0.25) is 0 Å². The molecule has 0 saturated heterocycles. The molecule has 0 aromatic carbocycles. The van der Waals surface area contributed by atoms with Gasteiger partial charge in [0.15, 0.2) is 5.69 Å². The number of aryl methyl sites for hydroxylation is 1. The summed E-state index contributed by atoms with van der Waals surface area (Å²) in [5.41, 5.74) is 2.28. The fourth-order valence-corrected chi connectivity index (χ4v) is 2.78. The van der Waals surface area contributed by atoms with E-state index in [9.17, 15) is 9.59 Å². The standard InChI is InChI=1S/C18H19N3O3/c1-10-7-15(21-24-10)17(23)19-11-5-6-12-13(18(2,3)4)9-16(22)20-14(12)8-11/h5-9,12H,1-4H3,(H,20,22). The summed E-state index contributed by atoms with van der Waals surface area (Å²) in [6, 6.07) is 1.54. The molecule has 6 heteroatoms. The summed E-state index contributed by atoms with van der Waals surface area (Å²) in [7, 11) is 0. The smallest absolute Gasteiger partial charge is 0.299 e. The monoisotopic (exact) mass is 325 g/mol. The van der Waals surface area contributed by atoms with Crippen LogP contribution in [-0.2, 0) is 4.79 Å². The van der Waals surface area contributed by atoms with E-state index in [-0.39, 0.29) is 22.9 Å². The van der Waals surface area contributed by atoms with E-state index in [4.69, 9.17) is 4.52 Å². The number of fused-ring (bicyclic) bond motifs is 1. The van der Waals surface area contributed by atoms with Crippen LogP contribution in [0.3, 0.4) is 0 Å². The first kappa shape index (κ1) is 16.1. The van der Waals surface area contributed by atoms with Crippen molar-refractivity contribution in [3.8, 4) is 0 Å². The fraction of sp³-hybridized carbons (Fsp3) is 0.333. The highest BCUT2D eigenvalue weighted by molar-refractivity contribution is 6.13. The second-order valence-corrected chi connectivity index (χ2v) is 6.94. The Kier molecular flexibility index (Phi) is 3.83. The third-order valence-electron chi connectivity index (χ3n) is 3.93. The zero-order valence-electron chi connectivity index (χ0n) is 14.1. The number of aromatic nitrogens is 1. The number of hydrogen-bond donors (Lipinski definition) is 1. The molecule has 1 N–H and O–H groups in total. The number of hydrogen-bond acceptors (Lipinski definition) is 4. The number of carbonyl (C=O) groups excluding carboxylic acids is 2. The number of nitrogens with zero attached hydrogens (tertiary/aromatic N) is 2. The van der Waals surface area contributed by atoms with E-state index in [1.54, 1.807) is 25.2 Å². The molecule has 2 heterocycles. The molecule has 1 unspecified atom stereocenters. The lowest BCUT2D eigenvalue weighted by molar-refractivity contribution is -0.116. The minimum Gasteiger partial charge on any atom is -0.361 e. The number of carbonyl (C=O) groups is 2. The molecule has 0 saturated carbocycles. The molecule has 1 aliphatic heterocycles. The third kappa shape index (κ3) is 3.13. The van der Waals surface area contributed by atoms with E-state index >= 15 is 0 Å². The molecule has 0 fully saturated rings. The molecule has 1 aliphatic carbocycles. The molecular weight excluding hydrogens is 306 g/mol. The normalized spacial score (nSPS) is 21.9. The average Bonchev–Trinajstić information content (AvgIpc) is 2.92. The summed E-state index contributed by atoms with van der Waals surface area (Å²) in [4.78, 5) is 28.1. The molecule has 1 aromatic heterocycles. The van der Waals surface area contributed by atoms with Crippen molar-refractivity contribution in [1.82, 2.24) is 10.5 Å². The van der Waals surface area contributed by atoms with Gasteiger partial charge in [-0.1, -0.05) is 32.0 Å². The van der Waals surface area contributed by atoms with Crippen molar-refractivity contribution >= 4 is 17.5 Å². The Bertz CT molecular complexity index is 832. The van der Waals surface area contributed by atoms with Gasteiger partial charge in [-0.3, -0.25) is 9.59 Å². The summed E-state index contributed by atoms with van der Waals surface area (Å²) in [5.74, 6) is -0.0900. The molecule has 1 atom stereocenters. The molecule has 0 bridgehead atoms. The maximum Gasteiger partial charge on any atom is 0.299 e. The minimum atomic E-state index is -0.476. The highest BCUT2D eigenvalue weighted by Crippen LogP contribution is 2.38. The van der Waals surface area contributed by atoms with E-state index in [1.807, 2.05) is 6.08 Å². The lowest BCUT2D eigenvalue weighted by Gasteiger charge is -2.34. The molecule has 124 valence electrons. The van der Waals surface area contributed by atoms with E-state index in [0.717, 1.165) is 11.3 Å². The number of rotatable bonds is 1. The minimum absolute atomic E-state index is 0.00829.